The zero-order valence-electron chi connectivity index (χ0n) is 10.2. The first-order chi connectivity index (χ1) is 6.91. The van der Waals surface area contributed by atoms with Crippen molar-refractivity contribution in [2.24, 2.45) is 0 Å². The molecular weight excluding hydrogens is 214 g/mol. The molecule has 0 unspecified atom stereocenters. The van der Waals surface area contributed by atoms with Crippen molar-refractivity contribution >= 4 is 59.1 Å². The molecule has 0 N–H and O–H groups in total. The second-order valence-electron chi connectivity index (χ2n) is 4.39. The standard InChI is InChI=1S/C14H29.2Na.2H/c1-3-5-7-9-11-13-14-12-10-8-6-4-2;;;;/h1,3-14H2,2H3;;;;. The number of unbranched alkanes of at least 4 members (excludes halogenated alkanes) is 11. The van der Waals surface area contributed by atoms with E-state index in [0.29, 0.717) is 0 Å². The van der Waals surface area contributed by atoms with Crippen LogP contribution in [0.3, 0.4) is 0 Å². The van der Waals surface area contributed by atoms with E-state index in [2.05, 4.69) is 13.8 Å². The van der Waals surface area contributed by atoms with Crippen LogP contribution in [0.4, 0.5) is 0 Å². The third-order valence-electron chi connectivity index (χ3n) is 2.85. The number of hydrogen-bond acceptors (Lipinski definition) is 0. The Kier molecular flexibility index (Phi) is 32.1. The van der Waals surface area contributed by atoms with Crippen LogP contribution < -0.4 is 0 Å². The van der Waals surface area contributed by atoms with Crippen molar-refractivity contribution in [2.45, 2.75) is 84.0 Å². The molecule has 0 aromatic rings. The molecule has 16 heavy (non-hydrogen) atoms. The summed E-state index contributed by atoms with van der Waals surface area (Å²) in [6.45, 7) is 6.14. The molecule has 0 rings (SSSR count). The second-order valence-corrected chi connectivity index (χ2v) is 4.39. The second kappa shape index (κ2) is 22.2. The van der Waals surface area contributed by atoms with Gasteiger partial charge >= 0.3 is 59.1 Å². The summed E-state index contributed by atoms with van der Waals surface area (Å²) >= 11 is 0. The molecule has 2 heteroatoms. The van der Waals surface area contributed by atoms with Gasteiger partial charge in [-0.15, -0.1) is 0 Å². The van der Waals surface area contributed by atoms with Crippen LogP contribution in [-0.4, -0.2) is 59.1 Å². The Morgan fingerprint density at radius 1 is 0.562 bits per heavy atom. The molecule has 0 aliphatic carbocycles. The van der Waals surface area contributed by atoms with E-state index in [1.54, 1.807) is 0 Å². The molecule has 0 nitrogen and oxygen atoms in total. The molecule has 1 radical (unpaired) electrons. The minimum atomic E-state index is 0. The molecular formula is C14H31Na2. The van der Waals surface area contributed by atoms with Crippen LogP contribution in [0.1, 0.15) is 84.0 Å². The van der Waals surface area contributed by atoms with E-state index in [1.165, 1.54) is 70.6 Å². The van der Waals surface area contributed by atoms with Crippen LogP contribution >= 0.6 is 0 Å². The van der Waals surface area contributed by atoms with Gasteiger partial charge in [0.25, 0.3) is 0 Å². The van der Waals surface area contributed by atoms with Gasteiger partial charge in [0, 0.05) is 0 Å². The van der Waals surface area contributed by atoms with Gasteiger partial charge in [0.2, 0.25) is 0 Å². The molecule has 0 fully saturated rings. The van der Waals surface area contributed by atoms with E-state index in [4.69, 9.17) is 0 Å². The van der Waals surface area contributed by atoms with Gasteiger partial charge < -0.3 is 0 Å². The summed E-state index contributed by atoms with van der Waals surface area (Å²) < 4.78 is 0. The first kappa shape index (κ1) is 23.1. The molecule has 0 spiro atoms. The fourth-order valence-electron chi connectivity index (χ4n) is 1.84. The van der Waals surface area contributed by atoms with E-state index < -0.39 is 0 Å². The van der Waals surface area contributed by atoms with Crippen molar-refractivity contribution in [3.63, 3.8) is 0 Å². The van der Waals surface area contributed by atoms with Crippen molar-refractivity contribution in [2.75, 3.05) is 0 Å². The summed E-state index contributed by atoms with van der Waals surface area (Å²) in [4.78, 5) is 0. The van der Waals surface area contributed by atoms with Crippen molar-refractivity contribution in [1.82, 2.24) is 0 Å². The first-order valence-electron chi connectivity index (χ1n) is 6.71. The van der Waals surface area contributed by atoms with Crippen molar-refractivity contribution in [3.05, 3.63) is 6.92 Å². The van der Waals surface area contributed by atoms with Crippen LogP contribution in [0.5, 0.6) is 0 Å². The maximum atomic E-state index is 3.86. The molecule has 0 aliphatic heterocycles. The van der Waals surface area contributed by atoms with Crippen LogP contribution in [0.15, 0.2) is 0 Å². The summed E-state index contributed by atoms with van der Waals surface area (Å²) in [6, 6.07) is 0. The summed E-state index contributed by atoms with van der Waals surface area (Å²) in [5, 5.41) is 0. The van der Waals surface area contributed by atoms with Crippen LogP contribution in [0, 0.1) is 6.92 Å². The van der Waals surface area contributed by atoms with E-state index in [9.17, 15) is 0 Å². The summed E-state index contributed by atoms with van der Waals surface area (Å²) in [5.74, 6) is 0. The molecule has 0 amide bonds. The van der Waals surface area contributed by atoms with Gasteiger partial charge in [-0.1, -0.05) is 90.9 Å². The van der Waals surface area contributed by atoms with E-state index in [0.717, 1.165) is 6.42 Å². The number of hydrogen-bond donors (Lipinski definition) is 0. The minimum absolute atomic E-state index is 0. The Balaban J connectivity index is -0.000000845. The monoisotopic (exact) mass is 245 g/mol. The van der Waals surface area contributed by atoms with Gasteiger partial charge in [-0.3, -0.25) is 0 Å². The maximum absolute atomic E-state index is 3.86. The normalized spacial score (nSPS) is 9.38. The molecule has 0 aliphatic rings. The Morgan fingerprint density at radius 3 is 1.19 bits per heavy atom. The fourth-order valence-corrected chi connectivity index (χ4v) is 1.84. The van der Waals surface area contributed by atoms with E-state index in [1.807, 2.05) is 0 Å². The van der Waals surface area contributed by atoms with E-state index in [-0.39, 0.29) is 59.1 Å². The Labute approximate surface area is 148 Å². The molecule has 0 atom stereocenters. The van der Waals surface area contributed by atoms with Crippen LogP contribution in [0.2, 0.25) is 0 Å². The molecule has 0 aromatic carbocycles. The predicted octanol–water partition coefficient (Wildman–Crippen LogP) is 4.22. The average Bonchev–Trinajstić information content (AvgIpc) is 2.21. The zero-order chi connectivity index (χ0) is 10.5. The van der Waals surface area contributed by atoms with Crippen molar-refractivity contribution < 1.29 is 0 Å². The van der Waals surface area contributed by atoms with Crippen LogP contribution in [-0.2, 0) is 0 Å². The van der Waals surface area contributed by atoms with Crippen LogP contribution in [0.25, 0.3) is 0 Å². The summed E-state index contributed by atoms with van der Waals surface area (Å²) in [6.07, 6.45) is 16.9. The summed E-state index contributed by atoms with van der Waals surface area (Å²) in [7, 11) is 0. The topological polar surface area (TPSA) is 0 Å². The van der Waals surface area contributed by atoms with Gasteiger partial charge in [0.15, 0.2) is 0 Å². The molecule has 0 aromatic heterocycles. The summed E-state index contributed by atoms with van der Waals surface area (Å²) in [5.41, 5.74) is 0. The third-order valence-corrected chi connectivity index (χ3v) is 2.85. The van der Waals surface area contributed by atoms with Gasteiger partial charge in [0.05, 0.1) is 0 Å². The van der Waals surface area contributed by atoms with Crippen molar-refractivity contribution in [3.8, 4) is 0 Å². The number of rotatable bonds is 11. The Hall–Kier alpha value is 2.00. The molecule has 0 bridgehead atoms. The van der Waals surface area contributed by atoms with Gasteiger partial charge in [0.1, 0.15) is 0 Å². The zero-order valence-corrected chi connectivity index (χ0v) is 10.2. The Morgan fingerprint density at radius 2 is 0.875 bits per heavy atom. The molecule has 0 saturated heterocycles. The predicted molar refractivity (Wildman–Crippen MR) is 80.7 cm³/mol. The quantitative estimate of drug-likeness (QED) is 0.377. The molecule has 0 saturated carbocycles. The van der Waals surface area contributed by atoms with Gasteiger partial charge in [-0.25, -0.2) is 0 Å². The first-order valence-corrected chi connectivity index (χ1v) is 6.71. The third kappa shape index (κ3) is 21.3. The van der Waals surface area contributed by atoms with Crippen molar-refractivity contribution in [1.29, 1.82) is 0 Å². The SMILES string of the molecule is [CH2]CCCCCCCCCCCCC.[NaH].[NaH]. The molecule has 0 heterocycles. The van der Waals surface area contributed by atoms with Gasteiger partial charge in [-0.2, -0.15) is 0 Å². The Bertz CT molecular complexity index is 82.7. The van der Waals surface area contributed by atoms with Gasteiger partial charge in [-0.05, 0) is 0 Å². The average molecular weight is 245 g/mol. The van der Waals surface area contributed by atoms with E-state index >= 15 is 0 Å². The molecule has 89 valence electrons. The fraction of sp³-hybridized carbons (Fsp3) is 0.929.